The van der Waals surface area contributed by atoms with Crippen molar-refractivity contribution in [3.05, 3.63) is 0 Å². The largest absolute Gasteiger partial charge is 0.311 e. The van der Waals surface area contributed by atoms with Gasteiger partial charge < -0.3 is 5.32 Å². The molecule has 0 aliphatic carbocycles. The van der Waals surface area contributed by atoms with E-state index in [2.05, 4.69) is 31.0 Å². The first-order chi connectivity index (χ1) is 8.58. The van der Waals surface area contributed by atoms with Crippen LogP contribution >= 0.6 is 0 Å². The van der Waals surface area contributed by atoms with Gasteiger partial charge in [-0.15, -0.1) is 0 Å². The number of rotatable bonds is 7. The van der Waals surface area contributed by atoms with E-state index in [1.54, 1.807) is 0 Å². The summed E-state index contributed by atoms with van der Waals surface area (Å²) in [4.78, 5) is 2.61. The molecule has 4 atom stereocenters. The first-order valence-corrected chi connectivity index (χ1v) is 9.00. The van der Waals surface area contributed by atoms with Crippen LogP contribution < -0.4 is 5.32 Å². The van der Waals surface area contributed by atoms with Gasteiger partial charge in [0.05, 0.1) is 0 Å². The third-order valence-corrected chi connectivity index (χ3v) is 5.48. The van der Waals surface area contributed by atoms with E-state index in [1.165, 1.54) is 19.3 Å². The number of nitrogens with one attached hydrogen (secondary N) is 1. The maximum Gasteiger partial charge on any atom is 0.0329 e. The Morgan fingerprint density at radius 3 is 2.72 bits per heavy atom. The van der Waals surface area contributed by atoms with Gasteiger partial charge in [0.15, 0.2) is 0 Å². The third-order valence-electron chi connectivity index (χ3n) is 4.11. The minimum absolute atomic E-state index is 0.321. The van der Waals surface area contributed by atoms with Crippen molar-refractivity contribution < 1.29 is 4.21 Å². The Kier molecular flexibility index (Phi) is 7.42. The molecule has 0 bridgehead atoms. The van der Waals surface area contributed by atoms with Crippen molar-refractivity contribution in [3.8, 4) is 0 Å². The third kappa shape index (κ3) is 4.98. The molecular formula is C14H30N2OS. The lowest BCUT2D eigenvalue weighted by molar-refractivity contribution is 0.122. The van der Waals surface area contributed by atoms with Gasteiger partial charge in [0.1, 0.15) is 0 Å². The summed E-state index contributed by atoms with van der Waals surface area (Å²) in [5, 5.41) is 3.98. The molecule has 18 heavy (non-hydrogen) atoms. The van der Waals surface area contributed by atoms with Crippen molar-refractivity contribution in [3.63, 3.8) is 0 Å². The van der Waals surface area contributed by atoms with Crippen LogP contribution in [0.25, 0.3) is 0 Å². The van der Waals surface area contributed by atoms with Gasteiger partial charge >= 0.3 is 0 Å². The summed E-state index contributed by atoms with van der Waals surface area (Å²) in [6.07, 6.45) is 6.59. The second-order valence-corrected chi connectivity index (χ2v) is 7.35. The Balaban J connectivity index is 2.44. The summed E-state index contributed by atoms with van der Waals surface area (Å²) < 4.78 is 11.4. The molecule has 0 aromatic carbocycles. The zero-order chi connectivity index (χ0) is 13.5. The van der Waals surface area contributed by atoms with Crippen LogP contribution in [0.5, 0.6) is 0 Å². The Morgan fingerprint density at radius 2 is 2.17 bits per heavy atom. The highest BCUT2D eigenvalue weighted by molar-refractivity contribution is 7.84. The minimum atomic E-state index is -0.682. The molecule has 1 saturated heterocycles. The summed E-state index contributed by atoms with van der Waals surface area (Å²) in [6.45, 7) is 9.99. The average molecular weight is 274 g/mol. The summed E-state index contributed by atoms with van der Waals surface area (Å²) in [5.41, 5.74) is 0. The number of hydrogen-bond donors (Lipinski definition) is 1. The van der Waals surface area contributed by atoms with Crippen LogP contribution in [0.2, 0.25) is 0 Å². The van der Waals surface area contributed by atoms with E-state index in [0.717, 1.165) is 26.1 Å². The van der Waals surface area contributed by atoms with Crippen LogP contribution in [0.4, 0.5) is 0 Å². The molecule has 1 aliphatic rings. The first-order valence-electron chi connectivity index (χ1n) is 7.38. The molecule has 1 fully saturated rings. The summed E-state index contributed by atoms with van der Waals surface area (Å²) in [7, 11) is -0.682. The van der Waals surface area contributed by atoms with E-state index in [4.69, 9.17) is 0 Å². The van der Waals surface area contributed by atoms with Gasteiger partial charge in [0, 0.05) is 47.5 Å². The van der Waals surface area contributed by atoms with Crippen LogP contribution in [0, 0.1) is 0 Å². The van der Waals surface area contributed by atoms with Gasteiger partial charge in [-0.3, -0.25) is 9.11 Å². The molecular weight excluding hydrogens is 244 g/mol. The molecule has 4 heteroatoms. The fraction of sp³-hybridized carbons (Fsp3) is 1.00. The van der Waals surface area contributed by atoms with Crippen LogP contribution in [0.3, 0.4) is 0 Å². The first kappa shape index (κ1) is 16.1. The molecule has 108 valence electrons. The fourth-order valence-electron chi connectivity index (χ4n) is 2.66. The molecule has 0 spiro atoms. The molecule has 0 radical (unpaired) electrons. The number of hydrogen-bond acceptors (Lipinski definition) is 3. The van der Waals surface area contributed by atoms with Gasteiger partial charge in [-0.05, 0) is 25.8 Å². The normalized spacial score (nSPS) is 29.1. The van der Waals surface area contributed by atoms with E-state index in [1.807, 2.05) is 6.26 Å². The summed E-state index contributed by atoms with van der Waals surface area (Å²) in [6, 6.07) is 1.32. The predicted octanol–water partition coefficient (Wildman–Crippen LogP) is 2.00. The second-order valence-electron chi connectivity index (χ2n) is 5.55. The van der Waals surface area contributed by atoms with Crippen molar-refractivity contribution in [2.45, 2.75) is 63.8 Å². The Labute approximate surface area is 115 Å². The van der Waals surface area contributed by atoms with Crippen molar-refractivity contribution in [1.29, 1.82) is 0 Å². The Morgan fingerprint density at radius 1 is 1.44 bits per heavy atom. The smallest absolute Gasteiger partial charge is 0.0329 e. The van der Waals surface area contributed by atoms with Gasteiger partial charge in [-0.2, -0.15) is 0 Å². The molecule has 1 rings (SSSR count). The van der Waals surface area contributed by atoms with E-state index < -0.39 is 10.8 Å². The van der Waals surface area contributed by atoms with Gasteiger partial charge in [-0.1, -0.05) is 27.2 Å². The van der Waals surface area contributed by atoms with Crippen molar-refractivity contribution in [1.82, 2.24) is 10.2 Å². The lowest BCUT2D eigenvalue weighted by Gasteiger charge is -2.40. The topological polar surface area (TPSA) is 32.3 Å². The van der Waals surface area contributed by atoms with Crippen LogP contribution in [-0.2, 0) is 10.8 Å². The molecule has 0 aromatic heterocycles. The molecule has 1 heterocycles. The van der Waals surface area contributed by atoms with Crippen molar-refractivity contribution in [2.75, 3.05) is 25.9 Å². The monoisotopic (exact) mass is 274 g/mol. The molecule has 3 nitrogen and oxygen atoms in total. The molecule has 0 saturated carbocycles. The molecule has 0 aromatic rings. The second kappa shape index (κ2) is 8.28. The zero-order valence-corrected chi connectivity index (χ0v) is 13.3. The van der Waals surface area contributed by atoms with E-state index in [0.29, 0.717) is 17.3 Å². The van der Waals surface area contributed by atoms with Gasteiger partial charge in [0.2, 0.25) is 0 Å². The molecule has 0 amide bonds. The van der Waals surface area contributed by atoms with Crippen LogP contribution in [0.15, 0.2) is 0 Å². The highest BCUT2D eigenvalue weighted by Gasteiger charge is 2.26. The zero-order valence-electron chi connectivity index (χ0n) is 12.4. The molecule has 4 unspecified atom stereocenters. The van der Waals surface area contributed by atoms with Crippen LogP contribution in [-0.4, -0.2) is 52.3 Å². The Bertz CT molecular complexity index is 260. The standard InChI is InChI=1S/C14H30N2OS/c1-5-7-13-11-16(14(6-2)10-15-13)9-8-12(3)18(4)17/h12-15H,5-11H2,1-4H3. The highest BCUT2D eigenvalue weighted by Crippen LogP contribution is 2.14. The van der Waals surface area contributed by atoms with Crippen LogP contribution in [0.1, 0.15) is 46.5 Å². The molecule has 1 N–H and O–H groups in total. The van der Waals surface area contributed by atoms with Crippen molar-refractivity contribution >= 4 is 10.8 Å². The Hall–Kier alpha value is 0.0700. The van der Waals surface area contributed by atoms with E-state index in [-0.39, 0.29) is 0 Å². The lowest BCUT2D eigenvalue weighted by Crippen LogP contribution is -2.56. The van der Waals surface area contributed by atoms with Gasteiger partial charge in [-0.25, -0.2) is 0 Å². The lowest BCUT2D eigenvalue weighted by atomic mass is 10.0. The number of nitrogens with zero attached hydrogens (tertiary/aromatic N) is 1. The number of piperazine rings is 1. The van der Waals surface area contributed by atoms with Gasteiger partial charge in [0.25, 0.3) is 0 Å². The quantitative estimate of drug-likeness (QED) is 0.770. The molecule has 1 aliphatic heterocycles. The maximum atomic E-state index is 11.4. The summed E-state index contributed by atoms with van der Waals surface area (Å²) in [5.74, 6) is 0. The fourth-order valence-corrected chi connectivity index (χ4v) is 3.10. The predicted molar refractivity (Wildman–Crippen MR) is 80.5 cm³/mol. The summed E-state index contributed by atoms with van der Waals surface area (Å²) >= 11 is 0. The highest BCUT2D eigenvalue weighted by atomic mass is 32.2. The average Bonchev–Trinajstić information content (AvgIpc) is 2.36. The SMILES string of the molecule is CCCC1CN(CCC(C)S(C)=O)C(CC)CN1. The van der Waals surface area contributed by atoms with Crippen molar-refractivity contribution in [2.24, 2.45) is 0 Å². The minimum Gasteiger partial charge on any atom is -0.311 e. The maximum absolute atomic E-state index is 11.4. The van der Waals surface area contributed by atoms with E-state index >= 15 is 0 Å². The van der Waals surface area contributed by atoms with E-state index in [9.17, 15) is 4.21 Å².